The number of hydrogen-bond donors (Lipinski definition) is 2. The van der Waals surface area contributed by atoms with Crippen LogP contribution in [0.4, 0.5) is 10.5 Å². The summed E-state index contributed by atoms with van der Waals surface area (Å²) in [5, 5.41) is 17.3. The molecule has 0 aliphatic heterocycles. The van der Waals surface area contributed by atoms with Gasteiger partial charge in [-0.15, -0.1) is 0 Å². The van der Waals surface area contributed by atoms with Gasteiger partial charge in [-0.2, -0.15) is 5.10 Å². The Morgan fingerprint density at radius 2 is 2.00 bits per heavy atom. The number of hydrogen-bond acceptors (Lipinski definition) is 3. The Morgan fingerprint density at radius 1 is 1.35 bits per heavy atom. The van der Waals surface area contributed by atoms with Crippen molar-refractivity contribution >= 4 is 11.7 Å². The summed E-state index contributed by atoms with van der Waals surface area (Å²) in [6, 6.07) is 9.45. The number of benzene rings is 1. The maximum absolute atomic E-state index is 12.5. The van der Waals surface area contributed by atoms with Crippen molar-refractivity contribution in [2.75, 3.05) is 18.4 Å². The number of rotatable bonds is 5. The molecule has 2 N–H and O–H groups in total. The predicted molar refractivity (Wildman–Crippen MR) is 91.2 cm³/mol. The molecule has 1 aromatic carbocycles. The standard InChI is InChI=1S/C17H24N4O2/c1-5-21(12-17(2,3)23)16(22)18-14-11-20(4)19-15(14)13-9-7-6-8-10-13/h6-11,23H,5,12H2,1-4H3,(H,18,22). The van der Waals surface area contributed by atoms with Gasteiger partial charge in [-0.05, 0) is 20.8 Å². The first-order valence-electron chi connectivity index (χ1n) is 7.67. The summed E-state index contributed by atoms with van der Waals surface area (Å²) in [5.74, 6) is 0. The van der Waals surface area contributed by atoms with Crippen molar-refractivity contribution in [2.24, 2.45) is 7.05 Å². The largest absolute Gasteiger partial charge is 0.389 e. The molecular formula is C17H24N4O2. The fourth-order valence-corrected chi connectivity index (χ4v) is 2.38. The van der Waals surface area contributed by atoms with Crippen molar-refractivity contribution < 1.29 is 9.90 Å². The molecule has 2 aromatic rings. The zero-order chi connectivity index (χ0) is 17.0. The van der Waals surface area contributed by atoms with Gasteiger partial charge >= 0.3 is 6.03 Å². The van der Waals surface area contributed by atoms with Crippen LogP contribution in [0, 0.1) is 0 Å². The van der Waals surface area contributed by atoms with Gasteiger partial charge < -0.3 is 15.3 Å². The molecule has 0 saturated carbocycles. The summed E-state index contributed by atoms with van der Waals surface area (Å²) >= 11 is 0. The molecule has 6 heteroatoms. The summed E-state index contributed by atoms with van der Waals surface area (Å²) in [7, 11) is 1.82. The predicted octanol–water partition coefficient (Wildman–Crippen LogP) is 2.71. The monoisotopic (exact) mass is 316 g/mol. The van der Waals surface area contributed by atoms with E-state index in [9.17, 15) is 9.90 Å². The summed E-state index contributed by atoms with van der Waals surface area (Å²) in [5.41, 5.74) is 1.37. The van der Waals surface area contributed by atoms with Gasteiger partial charge in [0.2, 0.25) is 0 Å². The number of amides is 2. The molecule has 0 aliphatic rings. The number of aromatic nitrogens is 2. The lowest BCUT2D eigenvalue weighted by Crippen LogP contribution is -2.44. The van der Waals surface area contributed by atoms with E-state index in [4.69, 9.17) is 0 Å². The number of nitrogens with one attached hydrogen (secondary N) is 1. The highest BCUT2D eigenvalue weighted by Gasteiger charge is 2.22. The van der Waals surface area contributed by atoms with Gasteiger partial charge in [0.05, 0.1) is 17.8 Å². The lowest BCUT2D eigenvalue weighted by molar-refractivity contribution is 0.0501. The third-order valence-electron chi connectivity index (χ3n) is 3.36. The first-order valence-corrected chi connectivity index (χ1v) is 7.67. The van der Waals surface area contributed by atoms with E-state index in [0.29, 0.717) is 12.2 Å². The van der Waals surface area contributed by atoms with E-state index in [1.165, 1.54) is 0 Å². The first kappa shape index (κ1) is 17.0. The maximum Gasteiger partial charge on any atom is 0.322 e. The molecule has 2 amide bonds. The van der Waals surface area contributed by atoms with E-state index < -0.39 is 5.60 Å². The van der Waals surface area contributed by atoms with Gasteiger partial charge in [-0.1, -0.05) is 30.3 Å². The maximum atomic E-state index is 12.5. The minimum absolute atomic E-state index is 0.250. The summed E-state index contributed by atoms with van der Waals surface area (Å²) < 4.78 is 1.67. The minimum atomic E-state index is -0.940. The van der Waals surface area contributed by atoms with E-state index in [1.807, 2.05) is 44.3 Å². The summed E-state index contributed by atoms with van der Waals surface area (Å²) in [6.45, 7) is 6.02. The van der Waals surface area contributed by atoms with Crippen LogP contribution in [0.2, 0.25) is 0 Å². The second-order valence-electron chi connectivity index (χ2n) is 6.19. The smallest absolute Gasteiger partial charge is 0.322 e. The number of carbonyl (C=O) groups excluding carboxylic acids is 1. The van der Waals surface area contributed by atoms with Crippen molar-refractivity contribution in [1.82, 2.24) is 14.7 Å². The third-order valence-corrected chi connectivity index (χ3v) is 3.36. The van der Waals surface area contributed by atoms with Crippen LogP contribution < -0.4 is 5.32 Å². The Bertz CT molecular complexity index is 659. The van der Waals surface area contributed by atoms with Crippen LogP contribution in [0.15, 0.2) is 36.5 Å². The fourth-order valence-electron chi connectivity index (χ4n) is 2.38. The second-order valence-corrected chi connectivity index (χ2v) is 6.19. The number of carbonyl (C=O) groups is 1. The number of nitrogens with zero attached hydrogens (tertiary/aromatic N) is 3. The fraction of sp³-hybridized carbons (Fsp3) is 0.412. The van der Waals surface area contributed by atoms with Crippen molar-refractivity contribution in [1.29, 1.82) is 0 Å². The Balaban J connectivity index is 2.21. The minimum Gasteiger partial charge on any atom is -0.389 e. The van der Waals surface area contributed by atoms with Gasteiger partial charge in [0.15, 0.2) is 0 Å². The van der Waals surface area contributed by atoms with Crippen LogP contribution in [0.25, 0.3) is 11.3 Å². The van der Waals surface area contributed by atoms with Gasteiger partial charge in [0, 0.05) is 25.4 Å². The van der Waals surface area contributed by atoms with Crippen LogP contribution in [0.5, 0.6) is 0 Å². The zero-order valence-corrected chi connectivity index (χ0v) is 14.1. The van der Waals surface area contributed by atoms with Crippen LogP contribution in [0.3, 0.4) is 0 Å². The Hall–Kier alpha value is -2.34. The Labute approximate surface area is 136 Å². The molecule has 0 unspecified atom stereocenters. The summed E-state index contributed by atoms with van der Waals surface area (Å²) in [6.07, 6.45) is 1.78. The summed E-state index contributed by atoms with van der Waals surface area (Å²) in [4.78, 5) is 14.1. The van der Waals surface area contributed by atoms with Gasteiger partial charge in [0.1, 0.15) is 5.69 Å². The molecule has 0 fully saturated rings. The van der Waals surface area contributed by atoms with Crippen LogP contribution in [-0.4, -0.2) is 44.5 Å². The van der Waals surface area contributed by atoms with E-state index in [1.54, 1.807) is 29.6 Å². The van der Waals surface area contributed by atoms with Crippen molar-refractivity contribution in [3.05, 3.63) is 36.5 Å². The zero-order valence-electron chi connectivity index (χ0n) is 14.1. The molecule has 0 aliphatic carbocycles. The average Bonchev–Trinajstić information content (AvgIpc) is 2.85. The highest BCUT2D eigenvalue weighted by atomic mass is 16.3. The molecule has 0 atom stereocenters. The lowest BCUT2D eigenvalue weighted by atomic mass is 10.1. The van der Waals surface area contributed by atoms with Crippen molar-refractivity contribution in [2.45, 2.75) is 26.4 Å². The van der Waals surface area contributed by atoms with Gasteiger partial charge in [-0.3, -0.25) is 4.68 Å². The topological polar surface area (TPSA) is 70.4 Å². The number of likely N-dealkylation sites (N-methyl/N-ethyl adjacent to an activating group) is 1. The van der Waals surface area contributed by atoms with Gasteiger partial charge in [-0.25, -0.2) is 4.79 Å². The number of aliphatic hydroxyl groups is 1. The van der Waals surface area contributed by atoms with Crippen LogP contribution in [-0.2, 0) is 7.05 Å². The normalized spacial score (nSPS) is 11.3. The van der Waals surface area contributed by atoms with Crippen LogP contribution in [0.1, 0.15) is 20.8 Å². The van der Waals surface area contributed by atoms with Crippen molar-refractivity contribution in [3.63, 3.8) is 0 Å². The van der Waals surface area contributed by atoms with E-state index in [2.05, 4.69) is 10.4 Å². The Morgan fingerprint density at radius 3 is 2.57 bits per heavy atom. The molecule has 1 heterocycles. The molecule has 2 rings (SSSR count). The molecule has 1 aromatic heterocycles. The molecule has 23 heavy (non-hydrogen) atoms. The lowest BCUT2D eigenvalue weighted by Gasteiger charge is -2.28. The molecule has 0 radical (unpaired) electrons. The molecule has 0 spiro atoms. The highest BCUT2D eigenvalue weighted by Crippen LogP contribution is 2.26. The van der Waals surface area contributed by atoms with E-state index >= 15 is 0 Å². The first-order chi connectivity index (χ1) is 10.8. The van der Waals surface area contributed by atoms with E-state index in [-0.39, 0.29) is 12.6 Å². The SMILES string of the molecule is CCN(CC(C)(C)O)C(=O)Nc1cn(C)nc1-c1ccccc1. The molecule has 0 bridgehead atoms. The molecule has 124 valence electrons. The third kappa shape index (κ3) is 4.56. The quantitative estimate of drug-likeness (QED) is 0.891. The molecule has 6 nitrogen and oxygen atoms in total. The number of aryl methyl sites for hydroxylation is 1. The van der Waals surface area contributed by atoms with E-state index in [0.717, 1.165) is 11.3 Å². The Kier molecular flexibility index (Phi) is 5.05. The molecule has 0 saturated heterocycles. The van der Waals surface area contributed by atoms with Crippen LogP contribution >= 0.6 is 0 Å². The van der Waals surface area contributed by atoms with Gasteiger partial charge in [0.25, 0.3) is 0 Å². The number of anilines is 1. The van der Waals surface area contributed by atoms with Crippen molar-refractivity contribution in [3.8, 4) is 11.3 Å². The average molecular weight is 316 g/mol. The second kappa shape index (κ2) is 6.83. The molecular weight excluding hydrogens is 292 g/mol. The number of urea groups is 1. The highest BCUT2D eigenvalue weighted by molar-refractivity contribution is 5.93.